The SMILES string of the molecule is Cc1sc(C(=O)O)cc1S(=O)(=O)NCC1CCCN(C)C1. The number of aromatic carboxylic acids is 1. The van der Waals surface area contributed by atoms with Gasteiger partial charge < -0.3 is 10.0 Å². The first-order valence-electron chi connectivity index (χ1n) is 6.81. The number of hydrogen-bond donors (Lipinski definition) is 2. The van der Waals surface area contributed by atoms with Gasteiger partial charge in [0.1, 0.15) is 4.88 Å². The number of nitrogens with one attached hydrogen (secondary N) is 1. The molecular formula is C13H20N2O4S2. The van der Waals surface area contributed by atoms with Crippen molar-refractivity contribution in [1.82, 2.24) is 9.62 Å². The highest BCUT2D eigenvalue weighted by molar-refractivity contribution is 7.89. The molecule has 1 saturated heterocycles. The van der Waals surface area contributed by atoms with E-state index in [-0.39, 0.29) is 9.77 Å². The van der Waals surface area contributed by atoms with E-state index in [0.717, 1.165) is 37.3 Å². The number of carboxylic acids is 1. The van der Waals surface area contributed by atoms with Crippen molar-refractivity contribution in [3.63, 3.8) is 0 Å². The van der Waals surface area contributed by atoms with Crippen LogP contribution >= 0.6 is 11.3 Å². The van der Waals surface area contributed by atoms with Crippen LogP contribution < -0.4 is 4.72 Å². The molecule has 1 aliphatic heterocycles. The van der Waals surface area contributed by atoms with Crippen molar-refractivity contribution in [2.75, 3.05) is 26.7 Å². The van der Waals surface area contributed by atoms with E-state index in [4.69, 9.17) is 5.11 Å². The van der Waals surface area contributed by atoms with Gasteiger partial charge in [-0.3, -0.25) is 0 Å². The Balaban J connectivity index is 2.06. The normalized spacial score (nSPS) is 20.6. The third kappa shape index (κ3) is 4.03. The number of carboxylic acid groups (broad SMARTS) is 1. The van der Waals surface area contributed by atoms with Crippen LogP contribution in [0.4, 0.5) is 0 Å². The molecule has 1 aromatic heterocycles. The summed E-state index contributed by atoms with van der Waals surface area (Å²) >= 11 is 0.984. The van der Waals surface area contributed by atoms with Gasteiger partial charge in [0.05, 0.1) is 4.90 Å². The Morgan fingerprint density at radius 2 is 2.29 bits per heavy atom. The summed E-state index contributed by atoms with van der Waals surface area (Å²) in [7, 11) is -1.61. The molecule has 1 fully saturated rings. The first kappa shape index (κ1) is 16.4. The van der Waals surface area contributed by atoms with Gasteiger partial charge in [0.15, 0.2) is 0 Å². The lowest BCUT2D eigenvalue weighted by Crippen LogP contribution is -2.39. The monoisotopic (exact) mass is 332 g/mol. The number of sulfonamides is 1. The second-order valence-electron chi connectivity index (χ2n) is 5.46. The summed E-state index contributed by atoms with van der Waals surface area (Å²) < 4.78 is 27.2. The first-order chi connectivity index (χ1) is 9.79. The number of rotatable bonds is 5. The molecule has 0 aliphatic carbocycles. The molecule has 0 aromatic carbocycles. The number of hydrogen-bond acceptors (Lipinski definition) is 5. The van der Waals surface area contributed by atoms with E-state index in [2.05, 4.69) is 9.62 Å². The standard InChI is InChI=1S/C13H20N2O4S2/c1-9-12(6-11(20-9)13(16)17)21(18,19)14-7-10-4-3-5-15(2)8-10/h6,10,14H,3-5,7-8H2,1-2H3,(H,16,17). The average Bonchev–Trinajstić information content (AvgIpc) is 2.80. The molecule has 2 rings (SSSR count). The van der Waals surface area contributed by atoms with Crippen molar-refractivity contribution in [2.24, 2.45) is 5.92 Å². The van der Waals surface area contributed by atoms with Gasteiger partial charge in [-0.15, -0.1) is 11.3 Å². The quantitative estimate of drug-likeness (QED) is 0.850. The van der Waals surface area contributed by atoms with Gasteiger partial charge in [-0.2, -0.15) is 0 Å². The van der Waals surface area contributed by atoms with Crippen LogP contribution in [0.15, 0.2) is 11.0 Å². The average molecular weight is 332 g/mol. The maximum Gasteiger partial charge on any atom is 0.345 e. The van der Waals surface area contributed by atoms with Crippen molar-refractivity contribution in [1.29, 1.82) is 0 Å². The van der Waals surface area contributed by atoms with Crippen molar-refractivity contribution in [2.45, 2.75) is 24.7 Å². The van der Waals surface area contributed by atoms with E-state index in [1.165, 1.54) is 6.07 Å². The summed E-state index contributed by atoms with van der Waals surface area (Å²) in [6.45, 7) is 3.95. The second-order valence-corrected chi connectivity index (χ2v) is 8.45. The molecule has 6 nitrogen and oxygen atoms in total. The zero-order valence-electron chi connectivity index (χ0n) is 12.1. The van der Waals surface area contributed by atoms with E-state index < -0.39 is 16.0 Å². The number of carbonyl (C=O) groups is 1. The summed E-state index contributed by atoms with van der Waals surface area (Å²) in [6, 6.07) is 1.23. The zero-order chi connectivity index (χ0) is 15.6. The Labute approximate surface area is 128 Å². The number of likely N-dealkylation sites (tertiary alicyclic amines) is 1. The minimum absolute atomic E-state index is 0.0466. The predicted octanol–water partition coefficient (Wildman–Crippen LogP) is 1.37. The fourth-order valence-electron chi connectivity index (χ4n) is 2.58. The van der Waals surface area contributed by atoms with Gasteiger partial charge in [0, 0.05) is 18.0 Å². The molecular weight excluding hydrogens is 312 g/mol. The second kappa shape index (κ2) is 6.43. The van der Waals surface area contributed by atoms with E-state index in [0.29, 0.717) is 17.3 Å². The van der Waals surface area contributed by atoms with E-state index in [9.17, 15) is 13.2 Å². The van der Waals surface area contributed by atoms with Gasteiger partial charge in [-0.25, -0.2) is 17.9 Å². The van der Waals surface area contributed by atoms with Crippen LogP contribution in [0.5, 0.6) is 0 Å². The number of aryl methyl sites for hydroxylation is 1. The fourth-order valence-corrected chi connectivity index (χ4v) is 5.13. The minimum Gasteiger partial charge on any atom is -0.477 e. The zero-order valence-corrected chi connectivity index (χ0v) is 13.8. The highest BCUT2D eigenvalue weighted by Gasteiger charge is 2.24. The lowest BCUT2D eigenvalue weighted by Gasteiger charge is -2.29. The number of piperidine rings is 1. The Hall–Kier alpha value is -0.960. The van der Waals surface area contributed by atoms with Gasteiger partial charge >= 0.3 is 5.97 Å². The molecule has 1 aliphatic rings. The van der Waals surface area contributed by atoms with E-state index >= 15 is 0 Å². The highest BCUT2D eigenvalue weighted by Crippen LogP contribution is 2.26. The van der Waals surface area contributed by atoms with Gasteiger partial charge in [0.2, 0.25) is 10.0 Å². The highest BCUT2D eigenvalue weighted by atomic mass is 32.2. The molecule has 0 bridgehead atoms. The lowest BCUT2D eigenvalue weighted by molar-refractivity contribution is 0.0702. The van der Waals surface area contributed by atoms with E-state index in [1.54, 1.807) is 6.92 Å². The van der Waals surface area contributed by atoms with Gasteiger partial charge in [0.25, 0.3) is 0 Å². The minimum atomic E-state index is -3.64. The molecule has 2 heterocycles. The van der Waals surface area contributed by atoms with Crippen molar-refractivity contribution >= 4 is 27.3 Å². The number of nitrogens with zero attached hydrogens (tertiary/aromatic N) is 1. The van der Waals surface area contributed by atoms with Crippen molar-refractivity contribution < 1.29 is 18.3 Å². The van der Waals surface area contributed by atoms with Gasteiger partial charge in [-0.1, -0.05) is 0 Å². The Morgan fingerprint density at radius 3 is 2.86 bits per heavy atom. The summed E-state index contributed by atoms with van der Waals surface area (Å²) in [5.41, 5.74) is 0. The van der Waals surface area contributed by atoms with Crippen molar-refractivity contribution in [3.8, 4) is 0 Å². The fraction of sp³-hybridized carbons (Fsp3) is 0.615. The molecule has 0 amide bonds. The van der Waals surface area contributed by atoms with Gasteiger partial charge in [-0.05, 0) is 45.3 Å². The Bertz CT molecular complexity index is 624. The molecule has 1 unspecified atom stereocenters. The first-order valence-corrected chi connectivity index (χ1v) is 9.11. The molecule has 2 N–H and O–H groups in total. The van der Waals surface area contributed by atoms with Crippen LogP contribution in [0.1, 0.15) is 27.4 Å². The van der Waals surface area contributed by atoms with Crippen LogP contribution in [0.3, 0.4) is 0 Å². The van der Waals surface area contributed by atoms with Crippen LogP contribution in [-0.4, -0.2) is 51.1 Å². The summed E-state index contributed by atoms with van der Waals surface area (Å²) in [4.78, 5) is 13.7. The summed E-state index contributed by atoms with van der Waals surface area (Å²) in [5.74, 6) is -0.796. The topological polar surface area (TPSA) is 86.7 Å². The lowest BCUT2D eigenvalue weighted by atomic mass is 9.99. The smallest absolute Gasteiger partial charge is 0.345 e. The Morgan fingerprint density at radius 1 is 1.57 bits per heavy atom. The molecule has 0 spiro atoms. The van der Waals surface area contributed by atoms with E-state index in [1.807, 2.05) is 7.05 Å². The predicted molar refractivity (Wildman–Crippen MR) is 81.4 cm³/mol. The molecule has 1 atom stereocenters. The molecule has 1 aromatic rings. The Kier molecular flexibility index (Phi) is 5.03. The molecule has 0 saturated carbocycles. The molecule has 118 valence electrons. The molecule has 8 heteroatoms. The maximum absolute atomic E-state index is 12.3. The molecule has 21 heavy (non-hydrogen) atoms. The summed E-state index contributed by atoms with van der Waals surface area (Å²) in [5, 5.41) is 8.94. The maximum atomic E-state index is 12.3. The summed E-state index contributed by atoms with van der Waals surface area (Å²) in [6.07, 6.45) is 2.08. The third-order valence-electron chi connectivity index (χ3n) is 3.66. The van der Waals surface area contributed by atoms with Crippen molar-refractivity contribution in [3.05, 3.63) is 15.8 Å². The molecule has 0 radical (unpaired) electrons. The van der Waals surface area contributed by atoms with Crippen LogP contribution in [0, 0.1) is 12.8 Å². The van der Waals surface area contributed by atoms with Crippen LogP contribution in [0.25, 0.3) is 0 Å². The van der Waals surface area contributed by atoms with Crippen LogP contribution in [-0.2, 0) is 10.0 Å². The number of thiophene rings is 1. The largest absolute Gasteiger partial charge is 0.477 e. The third-order valence-corrected chi connectivity index (χ3v) is 6.37. The van der Waals surface area contributed by atoms with Crippen LogP contribution in [0.2, 0.25) is 0 Å².